The van der Waals surface area contributed by atoms with Crippen LogP contribution in [0.2, 0.25) is 0 Å². The van der Waals surface area contributed by atoms with Crippen molar-refractivity contribution in [3.63, 3.8) is 0 Å². The lowest BCUT2D eigenvalue weighted by Crippen LogP contribution is -2.20. The van der Waals surface area contributed by atoms with E-state index in [0.717, 1.165) is 23.5 Å². The van der Waals surface area contributed by atoms with Gasteiger partial charge in [0.05, 0.1) is 31.2 Å². The molecule has 0 saturated carbocycles. The molecule has 0 aliphatic rings. The third-order valence-corrected chi connectivity index (χ3v) is 7.13. The molecule has 0 unspecified atom stereocenters. The van der Waals surface area contributed by atoms with Crippen LogP contribution in [0.1, 0.15) is 36.0 Å². The van der Waals surface area contributed by atoms with E-state index in [1.165, 1.54) is 11.1 Å². The summed E-state index contributed by atoms with van der Waals surface area (Å²) in [6, 6.07) is 36.1. The molecule has 5 aromatic rings. The van der Waals surface area contributed by atoms with Gasteiger partial charge in [0.15, 0.2) is 0 Å². The molecule has 0 fully saturated rings. The predicted octanol–water partition coefficient (Wildman–Crippen LogP) is 6.88. The number of aliphatic imine (C=N–C) groups is 1. The molecule has 1 aromatic heterocycles. The van der Waals surface area contributed by atoms with E-state index in [4.69, 9.17) is 14.5 Å². The van der Waals surface area contributed by atoms with Crippen molar-refractivity contribution in [1.29, 1.82) is 0 Å². The van der Waals surface area contributed by atoms with Crippen LogP contribution in [0, 0.1) is 0 Å². The Kier molecular flexibility index (Phi) is 8.26. The van der Waals surface area contributed by atoms with Crippen LogP contribution in [0.5, 0.6) is 11.5 Å². The number of aromatic nitrogens is 2. The maximum absolute atomic E-state index is 13.8. The molecule has 0 amide bonds. The summed E-state index contributed by atoms with van der Waals surface area (Å²) in [6.45, 7) is 2.49. The quantitative estimate of drug-likeness (QED) is 0.200. The van der Waals surface area contributed by atoms with Crippen LogP contribution in [0.3, 0.4) is 0 Å². The van der Waals surface area contributed by atoms with Crippen molar-refractivity contribution < 1.29 is 9.47 Å². The van der Waals surface area contributed by atoms with E-state index >= 15 is 0 Å². The normalized spacial score (nSPS) is 11.6. The summed E-state index contributed by atoms with van der Waals surface area (Å²) in [5, 5.41) is 3.33. The van der Waals surface area contributed by atoms with Crippen molar-refractivity contribution in [2.75, 3.05) is 20.8 Å². The van der Waals surface area contributed by atoms with Gasteiger partial charge in [-0.25, -0.2) is 4.68 Å². The highest BCUT2D eigenvalue weighted by Crippen LogP contribution is 2.29. The van der Waals surface area contributed by atoms with Gasteiger partial charge in [-0.05, 0) is 73.0 Å². The van der Waals surface area contributed by atoms with E-state index in [-0.39, 0.29) is 11.5 Å². The molecule has 0 radical (unpaired) electrons. The summed E-state index contributed by atoms with van der Waals surface area (Å²) in [5.41, 5.74) is 5.91. The maximum Gasteiger partial charge on any atom is 0.280 e. The lowest BCUT2D eigenvalue weighted by molar-refractivity contribution is 0.414. The van der Waals surface area contributed by atoms with Crippen LogP contribution in [-0.2, 0) is 0 Å². The summed E-state index contributed by atoms with van der Waals surface area (Å²) in [5.74, 6) is 1.69. The largest absolute Gasteiger partial charge is 0.497 e. The second-order valence-corrected chi connectivity index (χ2v) is 9.56. The second-order valence-electron chi connectivity index (χ2n) is 9.56. The van der Waals surface area contributed by atoms with Crippen LogP contribution in [0.4, 0.5) is 0 Å². The summed E-state index contributed by atoms with van der Waals surface area (Å²) in [7, 11) is 3.26. The number of hydrogen-bond acceptors (Lipinski definition) is 4. The van der Waals surface area contributed by atoms with E-state index in [2.05, 4.69) is 53.6 Å². The topological polar surface area (TPSA) is 68.6 Å². The van der Waals surface area contributed by atoms with Crippen molar-refractivity contribution in [2.24, 2.45) is 4.99 Å². The lowest BCUT2D eigenvalue weighted by Gasteiger charge is -2.17. The first-order chi connectivity index (χ1) is 19.6. The Bertz CT molecular complexity index is 1580. The molecule has 1 N–H and O–H groups in total. The molecule has 5 rings (SSSR count). The third kappa shape index (κ3) is 5.76. The van der Waals surface area contributed by atoms with Crippen molar-refractivity contribution in [1.82, 2.24) is 9.78 Å². The fraction of sp³-hybridized carbons (Fsp3) is 0.176. The van der Waals surface area contributed by atoms with Crippen LogP contribution >= 0.6 is 0 Å². The minimum Gasteiger partial charge on any atom is -0.497 e. The van der Waals surface area contributed by atoms with Crippen LogP contribution in [0.15, 0.2) is 119 Å². The van der Waals surface area contributed by atoms with Crippen molar-refractivity contribution in [2.45, 2.75) is 19.3 Å². The smallest absolute Gasteiger partial charge is 0.280 e. The minimum absolute atomic E-state index is 0.153. The van der Waals surface area contributed by atoms with Gasteiger partial charge in [0, 0.05) is 23.7 Å². The van der Waals surface area contributed by atoms with E-state index < -0.39 is 0 Å². The zero-order valence-corrected chi connectivity index (χ0v) is 23.0. The van der Waals surface area contributed by atoms with Gasteiger partial charge in [-0.15, -0.1) is 0 Å². The SMILES string of the molecule is COc1ccc(-c2[nH]n(-c3ccc(OC)cc3)c(=O)c2C(C)=NCCC(c2ccccc2)c2ccccc2)cc1. The minimum atomic E-state index is -0.153. The first-order valence-electron chi connectivity index (χ1n) is 13.3. The van der Waals surface area contributed by atoms with Crippen molar-refractivity contribution in [3.8, 4) is 28.4 Å². The Labute approximate surface area is 234 Å². The number of hydrogen-bond donors (Lipinski definition) is 1. The molecule has 1 heterocycles. The molecule has 0 atom stereocenters. The lowest BCUT2D eigenvalue weighted by atomic mass is 9.88. The first-order valence-corrected chi connectivity index (χ1v) is 13.3. The fourth-order valence-electron chi connectivity index (χ4n) is 4.99. The molecule has 0 aliphatic heterocycles. The Morgan fingerprint density at radius 3 is 1.82 bits per heavy atom. The molecular formula is C34H33N3O3. The summed E-state index contributed by atoms with van der Waals surface area (Å²) in [6.07, 6.45) is 0.820. The van der Waals surface area contributed by atoms with Crippen molar-refractivity contribution in [3.05, 3.63) is 136 Å². The Hall–Kier alpha value is -4.84. The molecule has 202 valence electrons. The maximum atomic E-state index is 13.8. The molecule has 0 spiro atoms. The molecule has 0 saturated heterocycles. The third-order valence-electron chi connectivity index (χ3n) is 7.13. The van der Waals surface area contributed by atoms with E-state index in [9.17, 15) is 4.79 Å². The van der Waals surface area contributed by atoms with Gasteiger partial charge in [-0.2, -0.15) is 0 Å². The number of aromatic amines is 1. The fourth-order valence-corrected chi connectivity index (χ4v) is 4.99. The van der Waals surface area contributed by atoms with Crippen LogP contribution in [0.25, 0.3) is 16.9 Å². The molecule has 6 heteroatoms. The molecular weight excluding hydrogens is 498 g/mol. The number of methoxy groups -OCH3 is 2. The van der Waals surface area contributed by atoms with Crippen LogP contribution in [-0.4, -0.2) is 36.3 Å². The number of benzene rings is 4. The van der Waals surface area contributed by atoms with E-state index in [1.54, 1.807) is 18.9 Å². The Morgan fingerprint density at radius 1 is 0.775 bits per heavy atom. The van der Waals surface area contributed by atoms with Crippen LogP contribution < -0.4 is 15.0 Å². The molecule has 6 nitrogen and oxygen atoms in total. The molecule has 4 aromatic carbocycles. The molecule has 0 bridgehead atoms. The second kappa shape index (κ2) is 12.3. The van der Waals surface area contributed by atoms with Crippen molar-refractivity contribution >= 4 is 5.71 Å². The zero-order chi connectivity index (χ0) is 27.9. The summed E-state index contributed by atoms with van der Waals surface area (Å²) >= 11 is 0. The summed E-state index contributed by atoms with van der Waals surface area (Å²) in [4.78, 5) is 18.8. The van der Waals surface area contributed by atoms with Gasteiger partial charge >= 0.3 is 0 Å². The number of H-pyrrole nitrogens is 1. The van der Waals surface area contributed by atoms with Gasteiger partial charge in [-0.3, -0.25) is 14.9 Å². The summed E-state index contributed by atoms with van der Waals surface area (Å²) < 4.78 is 12.2. The van der Waals surface area contributed by atoms with Gasteiger partial charge in [0.25, 0.3) is 5.56 Å². The average Bonchev–Trinajstić information content (AvgIpc) is 3.37. The number of nitrogens with one attached hydrogen (secondary N) is 1. The Balaban J connectivity index is 1.50. The zero-order valence-electron chi connectivity index (χ0n) is 23.0. The van der Waals surface area contributed by atoms with Gasteiger partial charge in [0.1, 0.15) is 11.5 Å². The molecule has 40 heavy (non-hydrogen) atoms. The standard InChI is InChI=1S/C34H33N3O3/c1-24(35-23-22-31(25-10-6-4-7-11-25)26-12-8-5-9-13-26)32-33(27-14-18-29(39-2)19-15-27)36-37(34(32)38)28-16-20-30(40-3)21-17-28/h4-21,31,36H,22-23H2,1-3H3. The Morgan fingerprint density at radius 2 is 1.30 bits per heavy atom. The first kappa shape index (κ1) is 26.8. The number of ether oxygens (including phenoxy) is 2. The van der Waals surface area contributed by atoms with Gasteiger partial charge in [0.2, 0.25) is 0 Å². The highest BCUT2D eigenvalue weighted by atomic mass is 16.5. The average molecular weight is 532 g/mol. The van der Waals surface area contributed by atoms with E-state index in [1.807, 2.05) is 67.6 Å². The van der Waals surface area contributed by atoms with E-state index in [0.29, 0.717) is 29.2 Å². The molecule has 0 aliphatic carbocycles. The van der Waals surface area contributed by atoms with Gasteiger partial charge in [-0.1, -0.05) is 60.7 Å². The van der Waals surface area contributed by atoms with Gasteiger partial charge < -0.3 is 9.47 Å². The highest BCUT2D eigenvalue weighted by molar-refractivity contribution is 6.03. The highest BCUT2D eigenvalue weighted by Gasteiger charge is 2.20. The monoisotopic (exact) mass is 531 g/mol. The predicted molar refractivity (Wildman–Crippen MR) is 161 cm³/mol. The number of nitrogens with zero attached hydrogens (tertiary/aromatic N) is 2. The number of rotatable bonds is 10.